The topological polar surface area (TPSA) is 52.0 Å². The van der Waals surface area contributed by atoms with Gasteiger partial charge in [0.1, 0.15) is 0 Å². The lowest BCUT2D eigenvalue weighted by Gasteiger charge is -2.01. The molecule has 0 amide bonds. The summed E-state index contributed by atoms with van der Waals surface area (Å²) in [5, 5.41) is 0. The molecule has 2 N–H and O–H groups in total. The molecule has 0 saturated carbocycles. The zero-order valence-electron chi connectivity index (χ0n) is 8.66. The van der Waals surface area contributed by atoms with Gasteiger partial charge in [-0.05, 0) is 12.1 Å². The third kappa shape index (κ3) is 2.31. The first-order valence-corrected chi connectivity index (χ1v) is 4.84. The third-order valence-corrected chi connectivity index (χ3v) is 2.17. The monoisotopic (exact) mass is 242 g/mol. The molecule has 0 saturated heterocycles. The molecule has 3 nitrogen and oxygen atoms in total. The Bertz CT molecular complexity index is 505. The van der Waals surface area contributed by atoms with E-state index in [4.69, 9.17) is 10.2 Å². The second-order valence-electron chi connectivity index (χ2n) is 3.36. The molecule has 0 atom stereocenters. The van der Waals surface area contributed by atoms with Gasteiger partial charge in [-0.1, -0.05) is 18.2 Å². The Labute approximate surface area is 95.1 Å². The van der Waals surface area contributed by atoms with E-state index in [0.717, 1.165) is 0 Å². The van der Waals surface area contributed by atoms with Crippen molar-refractivity contribution < 1.29 is 17.6 Å². The fourth-order valence-electron chi connectivity index (χ4n) is 1.42. The lowest BCUT2D eigenvalue weighted by molar-refractivity contribution is -0.141. The molecule has 2 rings (SSSR count). The Morgan fingerprint density at radius 3 is 2.29 bits per heavy atom. The molecule has 1 aromatic heterocycles. The molecule has 2 aromatic rings. The van der Waals surface area contributed by atoms with Crippen LogP contribution in [0, 0.1) is 0 Å². The molecule has 0 unspecified atom stereocenters. The van der Waals surface area contributed by atoms with Gasteiger partial charge in [0.05, 0.1) is 6.54 Å². The lowest BCUT2D eigenvalue weighted by Crippen LogP contribution is -2.10. The Morgan fingerprint density at radius 2 is 1.82 bits per heavy atom. The standard InChI is InChI=1S/C11H9F3N2O/c12-11(13,14)9-8(6-15)17-10(16-9)7-4-2-1-3-5-7/h1-5H,6,15H2. The van der Waals surface area contributed by atoms with Gasteiger partial charge in [0, 0.05) is 5.56 Å². The van der Waals surface area contributed by atoms with Gasteiger partial charge in [-0.15, -0.1) is 0 Å². The highest BCUT2D eigenvalue weighted by Crippen LogP contribution is 2.33. The Morgan fingerprint density at radius 1 is 1.18 bits per heavy atom. The number of hydrogen-bond donors (Lipinski definition) is 1. The average molecular weight is 242 g/mol. The normalized spacial score (nSPS) is 11.8. The number of benzene rings is 1. The van der Waals surface area contributed by atoms with Crippen molar-refractivity contribution in [2.75, 3.05) is 0 Å². The Hall–Kier alpha value is -1.82. The minimum atomic E-state index is -4.55. The third-order valence-electron chi connectivity index (χ3n) is 2.17. The summed E-state index contributed by atoms with van der Waals surface area (Å²) in [7, 11) is 0. The molecule has 90 valence electrons. The van der Waals surface area contributed by atoms with Crippen molar-refractivity contribution in [1.29, 1.82) is 0 Å². The van der Waals surface area contributed by atoms with E-state index in [1.54, 1.807) is 30.3 Å². The van der Waals surface area contributed by atoms with Crippen molar-refractivity contribution in [3.05, 3.63) is 41.8 Å². The van der Waals surface area contributed by atoms with Gasteiger partial charge >= 0.3 is 6.18 Å². The van der Waals surface area contributed by atoms with Gasteiger partial charge < -0.3 is 10.2 Å². The summed E-state index contributed by atoms with van der Waals surface area (Å²) >= 11 is 0. The number of nitrogens with two attached hydrogens (primary N) is 1. The molecule has 0 aliphatic heterocycles. The minimum absolute atomic E-state index is 0.0709. The molecule has 0 aliphatic carbocycles. The van der Waals surface area contributed by atoms with Crippen LogP contribution < -0.4 is 5.73 Å². The molecular formula is C11H9F3N2O. The highest BCUT2D eigenvalue weighted by molar-refractivity contribution is 5.53. The number of halogens is 3. The van der Waals surface area contributed by atoms with Crippen LogP contribution in [0.1, 0.15) is 11.5 Å². The summed E-state index contributed by atoms with van der Waals surface area (Å²) in [5.41, 5.74) is 4.63. The lowest BCUT2D eigenvalue weighted by atomic mass is 10.2. The van der Waals surface area contributed by atoms with Gasteiger partial charge in [0.15, 0.2) is 11.5 Å². The maximum absolute atomic E-state index is 12.6. The number of oxazole rings is 1. The quantitative estimate of drug-likeness (QED) is 0.880. The van der Waals surface area contributed by atoms with Crippen molar-refractivity contribution in [3.63, 3.8) is 0 Å². The molecule has 17 heavy (non-hydrogen) atoms. The van der Waals surface area contributed by atoms with Crippen LogP contribution in [0.5, 0.6) is 0 Å². The van der Waals surface area contributed by atoms with Crippen LogP contribution in [0.3, 0.4) is 0 Å². The highest BCUT2D eigenvalue weighted by atomic mass is 19.4. The fraction of sp³-hybridized carbons (Fsp3) is 0.182. The average Bonchev–Trinajstić information content (AvgIpc) is 2.74. The summed E-state index contributed by atoms with van der Waals surface area (Å²) in [6.45, 7) is -0.339. The number of alkyl halides is 3. The van der Waals surface area contributed by atoms with Crippen LogP contribution in [-0.4, -0.2) is 4.98 Å². The maximum Gasteiger partial charge on any atom is 0.436 e. The first kappa shape index (κ1) is 11.7. The molecule has 6 heteroatoms. The molecule has 0 fully saturated rings. The van der Waals surface area contributed by atoms with Crippen LogP contribution in [0.4, 0.5) is 13.2 Å². The Balaban J connectivity index is 2.49. The van der Waals surface area contributed by atoms with E-state index in [1.807, 2.05) is 0 Å². The molecule has 1 aromatic carbocycles. The van der Waals surface area contributed by atoms with E-state index < -0.39 is 11.9 Å². The smallest absolute Gasteiger partial charge is 0.436 e. The number of hydrogen-bond acceptors (Lipinski definition) is 3. The maximum atomic E-state index is 12.6. The summed E-state index contributed by atoms with van der Waals surface area (Å²) < 4.78 is 42.8. The summed E-state index contributed by atoms with van der Waals surface area (Å²) in [5.74, 6) is -0.422. The summed E-state index contributed by atoms with van der Waals surface area (Å²) in [6, 6.07) is 8.36. The van der Waals surface area contributed by atoms with E-state index in [-0.39, 0.29) is 18.2 Å². The van der Waals surface area contributed by atoms with Gasteiger partial charge in [-0.3, -0.25) is 0 Å². The van der Waals surface area contributed by atoms with E-state index in [1.165, 1.54) is 0 Å². The van der Waals surface area contributed by atoms with Gasteiger partial charge in [-0.2, -0.15) is 13.2 Å². The predicted molar refractivity (Wildman–Crippen MR) is 54.8 cm³/mol. The van der Waals surface area contributed by atoms with Crippen LogP contribution in [-0.2, 0) is 12.7 Å². The SMILES string of the molecule is NCc1oc(-c2ccccc2)nc1C(F)(F)F. The molecule has 0 radical (unpaired) electrons. The number of aromatic nitrogens is 1. The first-order chi connectivity index (χ1) is 8.02. The molecule has 0 spiro atoms. The highest BCUT2D eigenvalue weighted by Gasteiger charge is 2.38. The number of nitrogens with zero attached hydrogens (tertiary/aromatic N) is 1. The molecular weight excluding hydrogens is 233 g/mol. The second-order valence-corrected chi connectivity index (χ2v) is 3.36. The molecule has 0 bridgehead atoms. The van der Waals surface area contributed by atoms with Gasteiger partial charge in [-0.25, -0.2) is 4.98 Å². The van der Waals surface area contributed by atoms with Crippen LogP contribution >= 0.6 is 0 Å². The zero-order valence-corrected chi connectivity index (χ0v) is 8.66. The van der Waals surface area contributed by atoms with E-state index >= 15 is 0 Å². The predicted octanol–water partition coefficient (Wildman–Crippen LogP) is 2.82. The summed E-state index contributed by atoms with van der Waals surface area (Å²) in [6.07, 6.45) is -4.55. The van der Waals surface area contributed by atoms with Gasteiger partial charge in [0.25, 0.3) is 0 Å². The minimum Gasteiger partial charge on any atom is -0.439 e. The van der Waals surface area contributed by atoms with Crippen molar-refractivity contribution >= 4 is 0 Å². The Kier molecular flexibility index (Phi) is 2.89. The van der Waals surface area contributed by atoms with E-state index in [9.17, 15) is 13.2 Å². The van der Waals surface area contributed by atoms with Crippen LogP contribution in [0.15, 0.2) is 34.7 Å². The van der Waals surface area contributed by atoms with Crippen molar-refractivity contribution in [2.24, 2.45) is 5.73 Å². The fourth-order valence-corrected chi connectivity index (χ4v) is 1.42. The van der Waals surface area contributed by atoms with Crippen molar-refractivity contribution in [3.8, 4) is 11.5 Å². The van der Waals surface area contributed by atoms with Gasteiger partial charge in [0.2, 0.25) is 5.89 Å². The zero-order chi connectivity index (χ0) is 12.5. The molecule has 0 aliphatic rings. The van der Waals surface area contributed by atoms with Crippen molar-refractivity contribution in [2.45, 2.75) is 12.7 Å². The van der Waals surface area contributed by atoms with E-state index in [0.29, 0.717) is 5.56 Å². The van der Waals surface area contributed by atoms with Crippen molar-refractivity contribution in [1.82, 2.24) is 4.98 Å². The first-order valence-electron chi connectivity index (χ1n) is 4.84. The largest absolute Gasteiger partial charge is 0.439 e. The van der Waals surface area contributed by atoms with Crippen LogP contribution in [0.2, 0.25) is 0 Å². The van der Waals surface area contributed by atoms with E-state index in [2.05, 4.69) is 4.98 Å². The molecule has 1 heterocycles. The van der Waals surface area contributed by atoms with Crippen LogP contribution in [0.25, 0.3) is 11.5 Å². The summed E-state index contributed by atoms with van der Waals surface area (Å²) in [4.78, 5) is 3.45. The second kappa shape index (κ2) is 4.21. The number of rotatable bonds is 2.